The summed E-state index contributed by atoms with van der Waals surface area (Å²) in [5.41, 5.74) is 1.20. The van der Waals surface area contributed by atoms with E-state index in [0.29, 0.717) is 26.9 Å². The molecule has 0 unspecified atom stereocenters. The van der Waals surface area contributed by atoms with E-state index in [1.807, 2.05) is 0 Å². The van der Waals surface area contributed by atoms with E-state index >= 15 is 0 Å². The Morgan fingerprint density at radius 1 is 1.11 bits per heavy atom. The van der Waals surface area contributed by atoms with Crippen LogP contribution in [0.1, 0.15) is 18.1 Å². The molecule has 1 aliphatic rings. The highest BCUT2D eigenvalue weighted by molar-refractivity contribution is 6.42. The second kappa shape index (κ2) is 7.82. The number of benzene rings is 2. The molecule has 6 nitrogen and oxygen atoms in total. The number of rotatable bonds is 4. The van der Waals surface area contributed by atoms with Gasteiger partial charge in [-0.25, -0.2) is 9.79 Å². The summed E-state index contributed by atoms with van der Waals surface area (Å²) in [6.07, 6.45) is 1.51. The number of carbonyl (C=O) groups excluding carboxylic acids is 2. The maximum atomic E-state index is 12.1. The second-order valence-corrected chi connectivity index (χ2v) is 6.28. The zero-order chi connectivity index (χ0) is 19.6. The van der Waals surface area contributed by atoms with Gasteiger partial charge in [0.1, 0.15) is 0 Å². The molecule has 0 aliphatic carbocycles. The highest BCUT2D eigenvalue weighted by Gasteiger charge is 2.24. The Labute approximate surface area is 165 Å². The highest BCUT2D eigenvalue weighted by Crippen LogP contribution is 2.30. The summed E-state index contributed by atoms with van der Waals surface area (Å²) in [4.78, 5) is 27.6. The van der Waals surface area contributed by atoms with E-state index in [9.17, 15) is 9.59 Å². The summed E-state index contributed by atoms with van der Waals surface area (Å²) >= 11 is 11.9. The number of carbonyl (C=O) groups is 2. The average Bonchev–Trinajstić information content (AvgIpc) is 2.98. The van der Waals surface area contributed by atoms with Crippen LogP contribution in [-0.2, 0) is 14.3 Å². The van der Waals surface area contributed by atoms with Crippen LogP contribution in [0.3, 0.4) is 0 Å². The van der Waals surface area contributed by atoms with Gasteiger partial charge in [0.15, 0.2) is 17.2 Å². The Kier molecular flexibility index (Phi) is 5.48. The molecule has 0 bridgehead atoms. The number of nitrogens with zero attached hydrogens (tertiary/aromatic N) is 1. The summed E-state index contributed by atoms with van der Waals surface area (Å²) in [7, 11) is 1.46. The van der Waals surface area contributed by atoms with Crippen LogP contribution in [0.2, 0.25) is 10.0 Å². The van der Waals surface area contributed by atoms with Crippen LogP contribution in [0.4, 0.5) is 0 Å². The zero-order valence-electron chi connectivity index (χ0n) is 14.3. The molecule has 8 heteroatoms. The van der Waals surface area contributed by atoms with E-state index in [2.05, 4.69) is 4.99 Å². The SMILES string of the molecule is COc1ccc(/C=C2/N=C(c3ccc(Cl)c(Cl)c3)OC2=O)cc1OC(C)=O. The molecule has 0 fully saturated rings. The van der Waals surface area contributed by atoms with Crippen LogP contribution >= 0.6 is 23.2 Å². The fraction of sp³-hybridized carbons (Fsp3) is 0.105. The van der Waals surface area contributed by atoms with Crippen molar-refractivity contribution in [1.29, 1.82) is 0 Å². The van der Waals surface area contributed by atoms with Crippen molar-refractivity contribution in [2.45, 2.75) is 6.92 Å². The quantitative estimate of drug-likeness (QED) is 0.431. The van der Waals surface area contributed by atoms with Gasteiger partial charge in [-0.2, -0.15) is 0 Å². The first-order valence-electron chi connectivity index (χ1n) is 7.72. The molecule has 0 saturated heterocycles. The van der Waals surface area contributed by atoms with Gasteiger partial charge in [-0.15, -0.1) is 0 Å². The third-order valence-electron chi connectivity index (χ3n) is 3.53. The van der Waals surface area contributed by atoms with Crippen molar-refractivity contribution < 1.29 is 23.8 Å². The van der Waals surface area contributed by atoms with Gasteiger partial charge in [0, 0.05) is 12.5 Å². The summed E-state index contributed by atoms with van der Waals surface area (Å²) < 4.78 is 15.5. The molecule has 0 atom stereocenters. The van der Waals surface area contributed by atoms with E-state index in [0.717, 1.165) is 0 Å². The van der Waals surface area contributed by atoms with E-state index in [4.69, 9.17) is 37.4 Å². The molecule has 0 saturated carbocycles. The molecule has 1 heterocycles. The van der Waals surface area contributed by atoms with Crippen LogP contribution in [-0.4, -0.2) is 24.9 Å². The first-order valence-corrected chi connectivity index (χ1v) is 8.47. The highest BCUT2D eigenvalue weighted by atomic mass is 35.5. The van der Waals surface area contributed by atoms with Crippen molar-refractivity contribution in [2.75, 3.05) is 7.11 Å². The molecule has 0 N–H and O–H groups in total. The van der Waals surface area contributed by atoms with Crippen molar-refractivity contribution in [3.05, 3.63) is 63.3 Å². The van der Waals surface area contributed by atoms with E-state index in [1.54, 1.807) is 36.4 Å². The largest absolute Gasteiger partial charge is 0.493 e. The molecular weight excluding hydrogens is 393 g/mol. The Balaban J connectivity index is 1.94. The normalized spacial score (nSPS) is 14.7. The maximum absolute atomic E-state index is 12.1. The summed E-state index contributed by atoms with van der Waals surface area (Å²) in [6.45, 7) is 1.28. The zero-order valence-corrected chi connectivity index (χ0v) is 15.8. The number of ether oxygens (including phenoxy) is 3. The summed E-state index contributed by atoms with van der Waals surface area (Å²) in [5.74, 6) is -0.349. The predicted molar refractivity (Wildman–Crippen MR) is 101 cm³/mol. The third-order valence-corrected chi connectivity index (χ3v) is 4.27. The fourth-order valence-corrected chi connectivity index (χ4v) is 2.64. The lowest BCUT2D eigenvalue weighted by Gasteiger charge is -2.08. The smallest absolute Gasteiger partial charge is 0.363 e. The first-order chi connectivity index (χ1) is 12.9. The molecule has 0 radical (unpaired) electrons. The Hall–Kier alpha value is -2.83. The molecule has 0 amide bonds. The number of cyclic esters (lactones) is 1. The standard InChI is InChI=1S/C19H13Cl2NO5/c1-10(23)26-17-8-11(3-6-16(17)25-2)7-15-19(24)27-18(22-15)12-4-5-13(20)14(21)9-12/h3-9H,1-2H3/b15-7+. The Bertz CT molecular complexity index is 998. The third kappa shape index (κ3) is 4.30. The van der Waals surface area contributed by atoms with Gasteiger partial charge in [0.2, 0.25) is 5.90 Å². The minimum atomic E-state index is -0.610. The molecule has 2 aromatic rings. The number of halogens is 2. The van der Waals surface area contributed by atoms with Crippen LogP contribution in [0.5, 0.6) is 11.5 Å². The van der Waals surface area contributed by atoms with Gasteiger partial charge < -0.3 is 14.2 Å². The van der Waals surface area contributed by atoms with Crippen LogP contribution in [0.25, 0.3) is 6.08 Å². The Morgan fingerprint density at radius 3 is 2.56 bits per heavy atom. The van der Waals surface area contributed by atoms with Gasteiger partial charge in [0.05, 0.1) is 17.2 Å². The van der Waals surface area contributed by atoms with Crippen molar-refractivity contribution in [3.63, 3.8) is 0 Å². The monoisotopic (exact) mass is 405 g/mol. The van der Waals surface area contributed by atoms with E-state index in [-0.39, 0.29) is 17.3 Å². The van der Waals surface area contributed by atoms with E-state index < -0.39 is 11.9 Å². The number of methoxy groups -OCH3 is 1. The first kappa shape index (κ1) is 18.9. The van der Waals surface area contributed by atoms with Crippen LogP contribution in [0, 0.1) is 0 Å². The summed E-state index contributed by atoms with van der Waals surface area (Å²) in [6, 6.07) is 9.67. The van der Waals surface area contributed by atoms with Crippen molar-refractivity contribution in [3.8, 4) is 11.5 Å². The van der Waals surface area contributed by atoms with Gasteiger partial charge in [0.25, 0.3) is 0 Å². The molecule has 27 heavy (non-hydrogen) atoms. The molecule has 3 rings (SSSR count). The number of esters is 2. The van der Waals surface area contributed by atoms with Gasteiger partial charge in [-0.1, -0.05) is 29.3 Å². The minimum absolute atomic E-state index is 0.0926. The van der Waals surface area contributed by atoms with Gasteiger partial charge >= 0.3 is 11.9 Å². The maximum Gasteiger partial charge on any atom is 0.363 e. The number of aliphatic imine (C=N–C) groups is 1. The molecule has 1 aliphatic heterocycles. The van der Waals surface area contributed by atoms with Crippen molar-refractivity contribution >= 4 is 47.1 Å². The molecular formula is C19H13Cl2NO5. The minimum Gasteiger partial charge on any atom is -0.493 e. The van der Waals surface area contributed by atoms with Crippen molar-refractivity contribution in [2.24, 2.45) is 4.99 Å². The van der Waals surface area contributed by atoms with Gasteiger partial charge in [-0.05, 0) is 42.0 Å². The van der Waals surface area contributed by atoms with Gasteiger partial charge in [-0.3, -0.25) is 4.79 Å². The lowest BCUT2D eigenvalue weighted by atomic mass is 10.1. The summed E-state index contributed by atoms with van der Waals surface area (Å²) in [5, 5.41) is 0.712. The number of hydrogen-bond acceptors (Lipinski definition) is 6. The lowest BCUT2D eigenvalue weighted by molar-refractivity contribution is -0.132. The topological polar surface area (TPSA) is 74.2 Å². The average molecular weight is 406 g/mol. The molecule has 138 valence electrons. The molecule has 2 aromatic carbocycles. The second-order valence-electron chi connectivity index (χ2n) is 5.47. The molecule has 0 spiro atoms. The Morgan fingerprint density at radius 2 is 1.89 bits per heavy atom. The molecule has 0 aromatic heterocycles. The van der Waals surface area contributed by atoms with Crippen molar-refractivity contribution in [1.82, 2.24) is 0 Å². The number of hydrogen-bond donors (Lipinski definition) is 0. The predicted octanol–water partition coefficient (Wildman–Crippen LogP) is 4.27. The van der Waals surface area contributed by atoms with E-state index in [1.165, 1.54) is 20.1 Å². The fourth-order valence-electron chi connectivity index (χ4n) is 2.34. The lowest BCUT2D eigenvalue weighted by Crippen LogP contribution is -2.05. The van der Waals surface area contributed by atoms with Crippen LogP contribution < -0.4 is 9.47 Å². The van der Waals surface area contributed by atoms with Crippen LogP contribution in [0.15, 0.2) is 47.1 Å².